The molecule has 0 aromatic rings. The van der Waals surface area contributed by atoms with Gasteiger partial charge in [-0.15, -0.1) is 0 Å². The van der Waals surface area contributed by atoms with Gasteiger partial charge in [0.05, 0.1) is 0 Å². The topological polar surface area (TPSA) is 12.0 Å². The van der Waals surface area contributed by atoms with Gasteiger partial charge >= 0.3 is 0 Å². The summed E-state index contributed by atoms with van der Waals surface area (Å²) in [6.45, 7) is 6.62. The smallest absolute Gasteiger partial charge is 0.0135 e. The Hall–Kier alpha value is -0.300. The van der Waals surface area contributed by atoms with Crippen LogP contribution in [0.5, 0.6) is 0 Å². The van der Waals surface area contributed by atoms with Crippen LogP contribution in [0.4, 0.5) is 0 Å². The fourth-order valence-corrected chi connectivity index (χ4v) is 0.915. The molecule has 1 N–H and O–H groups in total. The molecule has 0 spiro atoms. The van der Waals surface area contributed by atoms with Crippen LogP contribution in [0.1, 0.15) is 13.8 Å². The van der Waals surface area contributed by atoms with Crippen molar-refractivity contribution in [3.05, 3.63) is 12.2 Å². The predicted octanol–water partition coefficient (Wildman–Crippen LogP) is 1.17. The fraction of sp³-hybridized carbons (Fsp3) is 0.714. The van der Waals surface area contributed by atoms with E-state index < -0.39 is 0 Å². The van der Waals surface area contributed by atoms with Crippen molar-refractivity contribution in [2.75, 3.05) is 13.1 Å². The van der Waals surface area contributed by atoms with E-state index in [2.05, 4.69) is 31.3 Å². The Morgan fingerprint density at radius 3 is 2.50 bits per heavy atom. The minimum atomic E-state index is 0.387. The average Bonchev–Trinajstić information content (AvgIpc) is 1.65. The van der Waals surface area contributed by atoms with Gasteiger partial charge in [0.1, 0.15) is 0 Å². The van der Waals surface area contributed by atoms with Crippen molar-refractivity contribution in [2.45, 2.75) is 13.8 Å². The minimum absolute atomic E-state index is 0.387. The quantitative estimate of drug-likeness (QED) is 0.463. The Morgan fingerprint density at radius 2 is 2.25 bits per heavy atom. The monoisotopic (exact) mass is 111 g/mol. The summed E-state index contributed by atoms with van der Waals surface area (Å²) in [7, 11) is 0. The molecule has 0 saturated heterocycles. The van der Waals surface area contributed by atoms with Crippen molar-refractivity contribution < 1.29 is 0 Å². The highest BCUT2D eigenvalue weighted by Crippen LogP contribution is 2.16. The predicted molar refractivity (Wildman–Crippen MR) is 35.8 cm³/mol. The van der Waals surface area contributed by atoms with E-state index in [1.165, 1.54) is 0 Å². The van der Waals surface area contributed by atoms with Crippen molar-refractivity contribution in [1.82, 2.24) is 5.32 Å². The molecule has 0 radical (unpaired) electrons. The molecule has 1 heteroatoms. The van der Waals surface area contributed by atoms with Crippen molar-refractivity contribution in [3.63, 3.8) is 0 Å². The van der Waals surface area contributed by atoms with Gasteiger partial charge in [0, 0.05) is 13.1 Å². The highest BCUT2D eigenvalue weighted by molar-refractivity contribution is 5.01. The molecule has 0 fully saturated rings. The lowest BCUT2D eigenvalue weighted by Gasteiger charge is -2.23. The molecule has 8 heavy (non-hydrogen) atoms. The highest BCUT2D eigenvalue weighted by atomic mass is 14.9. The van der Waals surface area contributed by atoms with Gasteiger partial charge in [-0.05, 0) is 5.41 Å². The van der Waals surface area contributed by atoms with Crippen molar-refractivity contribution in [1.29, 1.82) is 0 Å². The molecular formula is C7H13N. The Bertz CT molecular complexity index is 103. The third-order valence-corrected chi connectivity index (χ3v) is 1.41. The van der Waals surface area contributed by atoms with Gasteiger partial charge in [0.15, 0.2) is 0 Å². The molecule has 0 aromatic carbocycles. The van der Waals surface area contributed by atoms with Gasteiger partial charge in [-0.25, -0.2) is 0 Å². The van der Waals surface area contributed by atoms with Gasteiger partial charge in [-0.1, -0.05) is 26.0 Å². The maximum absolute atomic E-state index is 3.29. The van der Waals surface area contributed by atoms with Gasteiger partial charge in [-0.2, -0.15) is 0 Å². The first-order valence-corrected chi connectivity index (χ1v) is 3.09. The van der Waals surface area contributed by atoms with Gasteiger partial charge < -0.3 is 5.32 Å². The molecule has 46 valence electrons. The first-order valence-electron chi connectivity index (χ1n) is 3.09. The van der Waals surface area contributed by atoms with E-state index in [1.807, 2.05) is 0 Å². The van der Waals surface area contributed by atoms with Gasteiger partial charge in [0.2, 0.25) is 0 Å². The standard InChI is InChI=1S/C7H13N/c1-7(2)4-3-5-8-6-7/h3-4,8H,5-6H2,1-2H3. The van der Waals surface area contributed by atoms with E-state index in [-0.39, 0.29) is 0 Å². The summed E-state index contributed by atoms with van der Waals surface area (Å²) >= 11 is 0. The highest BCUT2D eigenvalue weighted by Gasteiger charge is 2.14. The molecule has 0 amide bonds. The molecule has 0 aromatic heterocycles. The van der Waals surface area contributed by atoms with Crippen LogP contribution in [0.15, 0.2) is 12.2 Å². The van der Waals surface area contributed by atoms with Crippen LogP contribution >= 0.6 is 0 Å². The molecular weight excluding hydrogens is 98.1 g/mol. The van der Waals surface area contributed by atoms with E-state index in [1.54, 1.807) is 0 Å². The third kappa shape index (κ3) is 1.34. The summed E-state index contributed by atoms with van der Waals surface area (Å²) in [5, 5.41) is 3.29. The van der Waals surface area contributed by atoms with E-state index in [0.717, 1.165) is 13.1 Å². The first kappa shape index (κ1) is 5.83. The molecule has 1 aliphatic rings. The third-order valence-electron chi connectivity index (χ3n) is 1.41. The van der Waals surface area contributed by atoms with Crippen LogP contribution in [0.2, 0.25) is 0 Å². The van der Waals surface area contributed by atoms with Gasteiger partial charge in [-0.3, -0.25) is 0 Å². The Kier molecular flexibility index (Phi) is 1.39. The van der Waals surface area contributed by atoms with E-state index >= 15 is 0 Å². The summed E-state index contributed by atoms with van der Waals surface area (Å²) < 4.78 is 0. The Labute approximate surface area is 50.8 Å². The summed E-state index contributed by atoms with van der Waals surface area (Å²) in [5.41, 5.74) is 0.387. The molecule has 1 nitrogen and oxygen atoms in total. The lowest BCUT2D eigenvalue weighted by Crippen LogP contribution is -2.31. The second-order valence-electron chi connectivity index (χ2n) is 3.02. The fourth-order valence-electron chi connectivity index (χ4n) is 0.915. The molecule has 0 saturated carbocycles. The van der Waals surface area contributed by atoms with Crippen molar-refractivity contribution in [2.24, 2.45) is 5.41 Å². The molecule has 0 bridgehead atoms. The molecule has 1 aliphatic heterocycles. The minimum Gasteiger partial charge on any atom is -0.312 e. The summed E-state index contributed by atoms with van der Waals surface area (Å²) in [6.07, 6.45) is 4.45. The van der Waals surface area contributed by atoms with E-state index in [0.29, 0.717) is 5.41 Å². The van der Waals surface area contributed by atoms with E-state index in [4.69, 9.17) is 0 Å². The molecule has 1 rings (SSSR count). The van der Waals surface area contributed by atoms with Crippen LogP contribution in [-0.4, -0.2) is 13.1 Å². The lowest BCUT2D eigenvalue weighted by molar-refractivity contribution is 0.427. The van der Waals surface area contributed by atoms with Crippen molar-refractivity contribution in [3.8, 4) is 0 Å². The SMILES string of the molecule is CC1(C)C=CCNC1. The van der Waals surface area contributed by atoms with Crippen LogP contribution in [0.25, 0.3) is 0 Å². The Morgan fingerprint density at radius 1 is 1.50 bits per heavy atom. The van der Waals surface area contributed by atoms with Crippen LogP contribution in [-0.2, 0) is 0 Å². The second-order valence-corrected chi connectivity index (χ2v) is 3.02. The first-order chi connectivity index (χ1) is 3.71. The zero-order valence-electron chi connectivity index (χ0n) is 5.57. The summed E-state index contributed by atoms with van der Waals surface area (Å²) in [5.74, 6) is 0. The number of rotatable bonds is 0. The maximum atomic E-state index is 3.29. The average molecular weight is 111 g/mol. The van der Waals surface area contributed by atoms with Crippen LogP contribution < -0.4 is 5.32 Å². The molecule has 0 unspecified atom stereocenters. The lowest BCUT2D eigenvalue weighted by atomic mass is 9.91. The van der Waals surface area contributed by atoms with E-state index in [9.17, 15) is 0 Å². The summed E-state index contributed by atoms with van der Waals surface area (Å²) in [6, 6.07) is 0. The molecule has 0 atom stereocenters. The molecule has 0 aliphatic carbocycles. The largest absolute Gasteiger partial charge is 0.312 e. The number of nitrogens with one attached hydrogen (secondary N) is 1. The van der Waals surface area contributed by atoms with Crippen LogP contribution in [0.3, 0.4) is 0 Å². The number of hydrogen-bond acceptors (Lipinski definition) is 1. The molecule has 1 heterocycles. The zero-order chi connectivity index (χ0) is 6.04. The zero-order valence-corrected chi connectivity index (χ0v) is 5.57. The normalized spacial score (nSPS) is 25.8. The summed E-state index contributed by atoms with van der Waals surface area (Å²) in [4.78, 5) is 0. The Balaban J connectivity index is 2.56. The second kappa shape index (κ2) is 1.90. The maximum Gasteiger partial charge on any atom is 0.0135 e. The number of hydrogen-bond donors (Lipinski definition) is 1. The van der Waals surface area contributed by atoms with Gasteiger partial charge in [0.25, 0.3) is 0 Å². The van der Waals surface area contributed by atoms with Crippen LogP contribution in [0, 0.1) is 5.41 Å². The van der Waals surface area contributed by atoms with Crippen molar-refractivity contribution >= 4 is 0 Å².